The number of nitrogens with two attached hydrogens (primary N) is 1. The van der Waals surface area contributed by atoms with E-state index in [9.17, 15) is 0 Å². The maximum Gasteiger partial charge on any atom is 0.132 e. The number of hydrogen-bond acceptors (Lipinski definition) is 3. The first-order chi connectivity index (χ1) is 8.74. The highest BCUT2D eigenvalue weighted by atomic mass is 15.0. The van der Waals surface area contributed by atoms with Crippen molar-refractivity contribution < 1.29 is 0 Å². The number of para-hydroxylation sites is 1. The Balaban J connectivity index is 2.38. The molecule has 3 N–H and O–H groups in total. The van der Waals surface area contributed by atoms with E-state index in [-0.39, 0.29) is 0 Å². The summed E-state index contributed by atoms with van der Waals surface area (Å²) in [5.41, 5.74) is 9.48. The predicted molar refractivity (Wildman–Crippen MR) is 77.1 cm³/mol. The van der Waals surface area contributed by atoms with Gasteiger partial charge in [-0.25, -0.2) is 4.98 Å². The molecule has 3 nitrogen and oxygen atoms in total. The van der Waals surface area contributed by atoms with Gasteiger partial charge in [-0.1, -0.05) is 38.1 Å². The molecule has 18 heavy (non-hydrogen) atoms. The summed E-state index contributed by atoms with van der Waals surface area (Å²) in [6.07, 6.45) is 2.00. The van der Waals surface area contributed by atoms with E-state index in [0.29, 0.717) is 5.82 Å². The van der Waals surface area contributed by atoms with Crippen LogP contribution in [-0.4, -0.2) is 4.98 Å². The molecule has 0 fully saturated rings. The number of pyridine rings is 1. The molecule has 0 amide bonds. The van der Waals surface area contributed by atoms with Crippen molar-refractivity contribution in [1.82, 2.24) is 4.98 Å². The summed E-state index contributed by atoms with van der Waals surface area (Å²) in [7, 11) is 0. The van der Waals surface area contributed by atoms with Crippen LogP contribution in [0.3, 0.4) is 0 Å². The van der Waals surface area contributed by atoms with Crippen LogP contribution >= 0.6 is 0 Å². The fourth-order valence-electron chi connectivity index (χ4n) is 2.05. The maximum absolute atomic E-state index is 5.70. The molecule has 0 aliphatic rings. The fraction of sp³-hybridized carbons (Fsp3) is 0.267. The zero-order valence-corrected chi connectivity index (χ0v) is 10.9. The van der Waals surface area contributed by atoms with Crippen LogP contribution in [0.4, 0.5) is 17.3 Å². The Morgan fingerprint density at radius 1 is 1.00 bits per heavy atom. The van der Waals surface area contributed by atoms with Crippen LogP contribution in [0.5, 0.6) is 0 Å². The van der Waals surface area contributed by atoms with Gasteiger partial charge in [-0.05, 0) is 36.1 Å². The lowest BCUT2D eigenvalue weighted by atomic mass is 10.0. The SMILES string of the molecule is CCc1cccc(CC)c1Nc1cccc(N)n1. The molecule has 0 aliphatic carbocycles. The molecule has 0 aliphatic heterocycles. The van der Waals surface area contributed by atoms with Gasteiger partial charge in [0.2, 0.25) is 0 Å². The number of aromatic nitrogens is 1. The van der Waals surface area contributed by atoms with E-state index in [1.54, 1.807) is 6.07 Å². The quantitative estimate of drug-likeness (QED) is 0.861. The summed E-state index contributed by atoms with van der Waals surface area (Å²) in [4.78, 5) is 4.29. The van der Waals surface area contributed by atoms with Gasteiger partial charge in [-0.3, -0.25) is 0 Å². The fourth-order valence-corrected chi connectivity index (χ4v) is 2.05. The summed E-state index contributed by atoms with van der Waals surface area (Å²) in [5.74, 6) is 1.33. The van der Waals surface area contributed by atoms with Gasteiger partial charge in [-0.2, -0.15) is 0 Å². The minimum atomic E-state index is 0.534. The number of nitrogen functional groups attached to an aromatic ring is 1. The molecule has 0 spiro atoms. The van der Waals surface area contributed by atoms with Gasteiger partial charge >= 0.3 is 0 Å². The normalized spacial score (nSPS) is 10.3. The Kier molecular flexibility index (Phi) is 3.82. The molecular weight excluding hydrogens is 222 g/mol. The number of rotatable bonds is 4. The number of nitrogens with one attached hydrogen (secondary N) is 1. The second-order valence-corrected chi connectivity index (χ2v) is 4.23. The van der Waals surface area contributed by atoms with Crippen molar-refractivity contribution in [2.24, 2.45) is 0 Å². The lowest BCUT2D eigenvalue weighted by molar-refractivity contribution is 1.09. The van der Waals surface area contributed by atoms with Crippen LogP contribution in [0.25, 0.3) is 0 Å². The van der Waals surface area contributed by atoms with Gasteiger partial charge < -0.3 is 11.1 Å². The zero-order valence-electron chi connectivity index (χ0n) is 10.9. The van der Waals surface area contributed by atoms with E-state index in [2.05, 4.69) is 42.3 Å². The van der Waals surface area contributed by atoms with E-state index in [1.165, 1.54) is 16.8 Å². The van der Waals surface area contributed by atoms with Crippen molar-refractivity contribution in [3.05, 3.63) is 47.5 Å². The highest BCUT2D eigenvalue weighted by Gasteiger charge is 2.06. The maximum atomic E-state index is 5.70. The van der Waals surface area contributed by atoms with E-state index in [4.69, 9.17) is 5.73 Å². The third kappa shape index (κ3) is 2.62. The standard InChI is InChI=1S/C15H19N3/c1-3-11-7-5-8-12(4-2)15(11)18-14-10-6-9-13(16)17-14/h5-10H,3-4H2,1-2H3,(H3,16,17,18). The third-order valence-electron chi connectivity index (χ3n) is 3.02. The number of benzene rings is 1. The Labute approximate surface area is 108 Å². The molecule has 0 saturated carbocycles. The summed E-state index contributed by atoms with van der Waals surface area (Å²) < 4.78 is 0. The second-order valence-electron chi connectivity index (χ2n) is 4.23. The second kappa shape index (κ2) is 5.54. The van der Waals surface area contributed by atoms with Gasteiger partial charge in [0.05, 0.1) is 0 Å². The molecule has 0 bridgehead atoms. The van der Waals surface area contributed by atoms with E-state index in [1.807, 2.05) is 12.1 Å². The van der Waals surface area contributed by atoms with Gasteiger partial charge in [0.15, 0.2) is 0 Å². The number of hydrogen-bond donors (Lipinski definition) is 2. The molecule has 1 aromatic carbocycles. The van der Waals surface area contributed by atoms with Crippen molar-refractivity contribution >= 4 is 17.3 Å². The van der Waals surface area contributed by atoms with Gasteiger partial charge in [0, 0.05) is 5.69 Å². The number of nitrogens with zero attached hydrogens (tertiary/aromatic N) is 1. The zero-order chi connectivity index (χ0) is 13.0. The molecule has 0 atom stereocenters. The minimum absolute atomic E-state index is 0.534. The largest absolute Gasteiger partial charge is 0.384 e. The first kappa shape index (κ1) is 12.4. The highest BCUT2D eigenvalue weighted by molar-refractivity contribution is 5.65. The Hall–Kier alpha value is -2.03. The number of anilines is 3. The van der Waals surface area contributed by atoms with Crippen LogP contribution in [0.15, 0.2) is 36.4 Å². The van der Waals surface area contributed by atoms with Crippen molar-refractivity contribution in [1.29, 1.82) is 0 Å². The smallest absolute Gasteiger partial charge is 0.132 e. The molecule has 0 radical (unpaired) electrons. The molecule has 3 heteroatoms. The molecule has 1 aromatic heterocycles. The minimum Gasteiger partial charge on any atom is -0.384 e. The van der Waals surface area contributed by atoms with Crippen molar-refractivity contribution in [3.8, 4) is 0 Å². The van der Waals surface area contributed by atoms with Crippen LogP contribution < -0.4 is 11.1 Å². The van der Waals surface area contributed by atoms with Crippen molar-refractivity contribution in [2.45, 2.75) is 26.7 Å². The molecule has 1 heterocycles. The highest BCUT2D eigenvalue weighted by Crippen LogP contribution is 2.25. The Morgan fingerprint density at radius 3 is 2.17 bits per heavy atom. The molecule has 94 valence electrons. The van der Waals surface area contributed by atoms with Crippen LogP contribution in [0.2, 0.25) is 0 Å². The van der Waals surface area contributed by atoms with E-state index >= 15 is 0 Å². The van der Waals surface area contributed by atoms with Crippen LogP contribution in [0.1, 0.15) is 25.0 Å². The summed E-state index contributed by atoms with van der Waals surface area (Å²) in [6, 6.07) is 12.0. The average molecular weight is 241 g/mol. The molecule has 0 saturated heterocycles. The predicted octanol–water partition coefficient (Wildman–Crippen LogP) is 3.53. The topological polar surface area (TPSA) is 50.9 Å². The molecule has 2 aromatic rings. The summed E-state index contributed by atoms with van der Waals surface area (Å²) >= 11 is 0. The van der Waals surface area contributed by atoms with Crippen molar-refractivity contribution in [2.75, 3.05) is 11.1 Å². The monoisotopic (exact) mass is 241 g/mol. The van der Waals surface area contributed by atoms with Crippen LogP contribution in [-0.2, 0) is 12.8 Å². The Bertz CT molecular complexity index is 513. The average Bonchev–Trinajstić information content (AvgIpc) is 2.39. The van der Waals surface area contributed by atoms with Gasteiger partial charge in [0.1, 0.15) is 11.6 Å². The first-order valence-electron chi connectivity index (χ1n) is 6.35. The van der Waals surface area contributed by atoms with Crippen LogP contribution in [0, 0.1) is 0 Å². The van der Waals surface area contributed by atoms with E-state index < -0.39 is 0 Å². The third-order valence-corrected chi connectivity index (χ3v) is 3.02. The molecule has 0 unspecified atom stereocenters. The lowest BCUT2D eigenvalue weighted by Gasteiger charge is -2.14. The Morgan fingerprint density at radius 2 is 1.61 bits per heavy atom. The molecule has 2 rings (SSSR count). The van der Waals surface area contributed by atoms with Gasteiger partial charge in [-0.15, -0.1) is 0 Å². The number of aryl methyl sites for hydroxylation is 2. The van der Waals surface area contributed by atoms with E-state index in [0.717, 1.165) is 18.7 Å². The first-order valence-corrected chi connectivity index (χ1v) is 6.35. The molecular formula is C15H19N3. The van der Waals surface area contributed by atoms with Gasteiger partial charge in [0.25, 0.3) is 0 Å². The lowest BCUT2D eigenvalue weighted by Crippen LogP contribution is -2.02. The summed E-state index contributed by atoms with van der Waals surface area (Å²) in [6.45, 7) is 4.32. The van der Waals surface area contributed by atoms with Crippen molar-refractivity contribution in [3.63, 3.8) is 0 Å². The summed E-state index contributed by atoms with van der Waals surface area (Å²) in [5, 5.41) is 3.39.